The Hall–Kier alpha value is -2.06. The normalized spacial score (nSPS) is 23.1. The van der Waals surface area contributed by atoms with Crippen molar-refractivity contribution in [1.82, 2.24) is 19.8 Å². The van der Waals surface area contributed by atoms with Gasteiger partial charge < -0.3 is 14.8 Å². The number of piperazine rings is 1. The molecule has 0 saturated carbocycles. The summed E-state index contributed by atoms with van der Waals surface area (Å²) in [5.41, 5.74) is 2.84. The van der Waals surface area contributed by atoms with Crippen molar-refractivity contribution in [2.45, 2.75) is 57.3 Å². The molecule has 1 aromatic heterocycles. The van der Waals surface area contributed by atoms with Gasteiger partial charge in [0.05, 0.1) is 23.9 Å². The van der Waals surface area contributed by atoms with Crippen LogP contribution in [0.25, 0.3) is 0 Å². The van der Waals surface area contributed by atoms with Gasteiger partial charge in [-0.3, -0.25) is 9.80 Å². The largest absolute Gasteiger partial charge is 0.387 e. The summed E-state index contributed by atoms with van der Waals surface area (Å²) in [5.74, 6) is 0.912. The van der Waals surface area contributed by atoms with E-state index >= 15 is 0 Å². The lowest BCUT2D eigenvalue weighted by atomic mass is 9.94. The summed E-state index contributed by atoms with van der Waals surface area (Å²) in [7, 11) is 2.09. The van der Waals surface area contributed by atoms with Gasteiger partial charge >= 0.3 is 0 Å². The highest BCUT2D eigenvalue weighted by molar-refractivity contribution is 6.30. The molecular weight excluding hydrogens is 438 g/mol. The Bertz CT molecular complexity index is 962. The zero-order valence-corrected chi connectivity index (χ0v) is 20.6. The van der Waals surface area contributed by atoms with Crippen LogP contribution in [-0.4, -0.2) is 76.6 Å². The molecule has 2 aliphatic rings. The lowest BCUT2D eigenvalue weighted by molar-refractivity contribution is -0.113. The van der Waals surface area contributed by atoms with E-state index in [2.05, 4.69) is 52.5 Å². The van der Waals surface area contributed by atoms with Gasteiger partial charge in [-0.15, -0.1) is 0 Å². The number of aliphatic hydroxyl groups excluding tert-OH is 1. The van der Waals surface area contributed by atoms with Crippen molar-refractivity contribution >= 4 is 23.7 Å². The highest BCUT2D eigenvalue weighted by Gasteiger charge is 2.37. The molecule has 2 heterocycles. The van der Waals surface area contributed by atoms with Crippen molar-refractivity contribution in [3.05, 3.63) is 52.4 Å². The Morgan fingerprint density at radius 1 is 1.15 bits per heavy atom. The Morgan fingerprint density at radius 2 is 1.82 bits per heavy atom. The standard InChI is InChI=1S/C25H34ClN5O2/c1-16(2)29(4)25(20(14-32)18-5-7-19(26)8-6-18)31-11-9-30(10-12-31)24-22-17(3)13-21(33)23(22)27-15-28-24/h5-8,14-17,20-21,25,33H,9-13H2,1-4H3/t17-,20?,21-,25?/m1/s1. The first kappa shape index (κ1) is 24.1. The lowest BCUT2D eigenvalue weighted by Crippen LogP contribution is -2.59. The van der Waals surface area contributed by atoms with Crippen LogP contribution in [0, 0.1) is 0 Å². The average molecular weight is 472 g/mol. The smallest absolute Gasteiger partial charge is 0.135 e. The number of carbonyl (C=O) groups is 1. The molecular formula is C25H34ClN5O2. The van der Waals surface area contributed by atoms with Crippen LogP contribution in [0.3, 0.4) is 0 Å². The van der Waals surface area contributed by atoms with Gasteiger partial charge in [-0.25, -0.2) is 9.97 Å². The van der Waals surface area contributed by atoms with Gasteiger partial charge in [0.25, 0.3) is 0 Å². The molecule has 1 fully saturated rings. The fraction of sp³-hybridized carbons (Fsp3) is 0.560. The van der Waals surface area contributed by atoms with Gasteiger partial charge in [0.2, 0.25) is 0 Å². The molecule has 0 spiro atoms. The molecule has 7 nitrogen and oxygen atoms in total. The maximum absolute atomic E-state index is 12.3. The predicted octanol–water partition coefficient (Wildman–Crippen LogP) is 3.44. The van der Waals surface area contributed by atoms with Gasteiger partial charge in [-0.2, -0.15) is 0 Å². The Labute approximate surface area is 201 Å². The summed E-state index contributed by atoms with van der Waals surface area (Å²) >= 11 is 6.09. The molecule has 1 aliphatic heterocycles. The van der Waals surface area contributed by atoms with Gasteiger partial charge in [-0.1, -0.05) is 30.7 Å². The van der Waals surface area contributed by atoms with Crippen molar-refractivity contribution in [1.29, 1.82) is 0 Å². The number of hydrogen-bond donors (Lipinski definition) is 1. The highest BCUT2D eigenvalue weighted by Crippen LogP contribution is 2.43. The summed E-state index contributed by atoms with van der Waals surface area (Å²) in [5, 5.41) is 11.0. The molecule has 1 aliphatic carbocycles. The zero-order chi connectivity index (χ0) is 23.7. The number of aliphatic hydroxyl groups is 1. The van der Waals surface area contributed by atoms with E-state index in [1.807, 2.05) is 24.3 Å². The van der Waals surface area contributed by atoms with Crippen molar-refractivity contribution in [2.24, 2.45) is 0 Å². The van der Waals surface area contributed by atoms with Gasteiger partial charge in [0.15, 0.2) is 0 Å². The van der Waals surface area contributed by atoms with Crippen LogP contribution in [0.1, 0.15) is 62.0 Å². The fourth-order valence-corrected chi connectivity index (χ4v) is 5.33. The fourth-order valence-electron chi connectivity index (χ4n) is 5.20. The molecule has 0 radical (unpaired) electrons. The Morgan fingerprint density at radius 3 is 2.42 bits per heavy atom. The first-order valence-corrected chi connectivity index (χ1v) is 12.1. The second-order valence-corrected chi connectivity index (χ2v) is 9.99. The topological polar surface area (TPSA) is 72.8 Å². The van der Waals surface area contributed by atoms with Gasteiger partial charge in [0, 0.05) is 42.8 Å². The summed E-state index contributed by atoms with van der Waals surface area (Å²) in [4.78, 5) is 28.3. The minimum Gasteiger partial charge on any atom is -0.387 e. The SMILES string of the molecule is CC(C)N(C)C(C(C=O)c1ccc(Cl)cc1)N1CCN(c2ncnc3c2[C@H](C)C[C@H]3O)CC1. The quantitative estimate of drug-likeness (QED) is 0.620. The maximum atomic E-state index is 12.3. The Balaban J connectivity index is 1.56. The maximum Gasteiger partial charge on any atom is 0.135 e. The molecule has 4 atom stereocenters. The third-order valence-corrected chi connectivity index (χ3v) is 7.47. The summed E-state index contributed by atoms with van der Waals surface area (Å²) in [6.07, 6.45) is 2.78. The van der Waals surface area contributed by atoms with Crippen molar-refractivity contribution < 1.29 is 9.90 Å². The number of likely N-dealkylation sites (N-methyl/N-ethyl adjacent to an activating group) is 1. The lowest BCUT2D eigenvalue weighted by Gasteiger charge is -2.46. The second kappa shape index (κ2) is 10.1. The van der Waals surface area contributed by atoms with Crippen LogP contribution in [0.4, 0.5) is 5.82 Å². The van der Waals surface area contributed by atoms with Crippen molar-refractivity contribution in [2.75, 3.05) is 38.1 Å². The van der Waals surface area contributed by atoms with Crippen LogP contribution in [0.2, 0.25) is 5.02 Å². The second-order valence-electron chi connectivity index (χ2n) is 9.56. The number of aromatic nitrogens is 2. The summed E-state index contributed by atoms with van der Waals surface area (Å²) in [6.45, 7) is 9.69. The first-order chi connectivity index (χ1) is 15.8. The van der Waals surface area contributed by atoms with Crippen LogP contribution >= 0.6 is 11.6 Å². The number of nitrogens with zero attached hydrogens (tertiary/aromatic N) is 5. The molecule has 1 N–H and O–H groups in total. The molecule has 0 amide bonds. The van der Waals surface area contributed by atoms with Crippen LogP contribution < -0.4 is 4.90 Å². The van der Waals surface area contributed by atoms with E-state index in [1.54, 1.807) is 6.33 Å². The molecule has 1 aromatic carbocycles. The summed E-state index contributed by atoms with van der Waals surface area (Å²) in [6, 6.07) is 7.90. The first-order valence-electron chi connectivity index (χ1n) is 11.8. The van der Waals surface area contributed by atoms with Crippen molar-refractivity contribution in [3.8, 4) is 0 Å². The third-order valence-electron chi connectivity index (χ3n) is 7.22. The van der Waals surface area contributed by atoms with Crippen LogP contribution in [0.5, 0.6) is 0 Å². The minimum atomic E-state index is -0.505. The van der Waals surface area contributed by atoms with E-state index in [0.29, 0.717) is 11.4 Å². The van der Waals surface area contributed by atoms with E-state index in [-0.39, 0.29) is 24.0 Å². The highest BCUT2D eigenvalue weighted by atomic mass is 35.5. The number of anilines is 1. The van der Waals surface area contributed by atoms with E-state index in [4.69, 9.17) is 11.6 Å². The monoisotopic (exact) mass is 471 g/mol. The van der Waals surface area contributed by atoms with E-state index in [9.17, 15) is 9.90 Å². The average Bonchev–Trinajstić information content (AvgIpc) is 3.11. The number of benzene rings is 1. The summed E-state index contributed by atoms with van der Waals surface area (Å²) < 4.78 is 0. The van der Waals surface area contributed by atoms with E-state index in [0.717, 1.165) is 55.1 Å². The third kappa shape index (κ3) is 4.78. The number of rotatable bonds is 7. The molecule has 4 rings (SSSR count). The molecule has 8 heteroatoms. The number of aldehydes is 1. The molecule has 2 unspecified atom stereocenters. The van der Waals surface area contributed by atoms with E-state index in [1.165, 1.54) is 0 Å². The molecule has 0 bridgehead atoms. The van der Waals surface area contributed by atoms with Gasteiger partial charge in [-0.05, 0) is 50.9 Å². The molecule has 1 saturated heterocycles. The molecule has 2 aromatic rings. The molecule has 33 heavy (non-hydrogen) atoms. The number of carbonyl (C=O) groups excluding carboxylic acids is 1. The molecule has 178 valence electrons. The zero-order valence-electron chi connectivity index (χ0n) is 19.9. The van der Waals surface area contributed by atoms with Crippen LogP contribution in [-0.2, 0) is 4.79 Å². The van der Waals surface area contributed by atoms with Crippen LogP contribution in [0.15, 0.2) is 30.6 Å². The number of hydrogen-bond acceptors (Lipinski definition) is 7. The number of halogens is 1. The predicted molar refractivity (Wildman–Crippen MR) is 131 cm³/mol. The minimum absolute atomic E-state index is 0.0531. The van der Waals surface area contributed by atoms with Crippen molar-refractivity contribution in [3.63, 3.8) is 0 Å². The number of fused-ring (bicyclic) bond motifs is 1. The van der Waals surface area contributed by atoms with E-state index < -0.39 is 6.10 Å². The van der Waals surface area contributed by atoms with Gasteiger partial charge in [0.1, 0.15) is 18.4 Å². The Kier molecular flexibility index (Phi) is 7.34.